The van der Waals surface area contributed by atoms with Gasteiger partial charge in [-0.15, -0.1) is 0 Å². The SMILES string of the molecule is N=C(CC(F)(F)F)n1nc(-c2ccc(Oc3ccccc3)cc2)ccc1=N. The molecule has 1 aromatic heterocycles. The van der Waals surface area contributed by atoms with E-state index in [4.69, 9.17) is 15.6 Å². The van der Waals surface area contributed by atoms with Crippen LogP contribution in [0.1, 0.15) is 6.42 Å². The van der Waals surface area contributed by atoms with Crippen molar-refractivity contribution in [2.24, 2.45) is 0 Å². The number of hydrogen-bond donors (Lipinski definition) is 2. The number of rotatable bonds is 4. The highest BCUT2D eigenvalue weighted by Gasteiger charge is 2.30. The van der Waals surface area contributed by atoms with Gasteiger partial charge in [0.1, 0.15) is 29.2 Å². The van der Waals surface area contributed by atoms with Crippen molar-refractivity contribution in [2.75, 3.05) is 0 Å². The molecule has 3 rings (SSSR count). The van der Waals surface area contributed by atoms with Crippen molar-refractivity contribution >= 4 is 5.84 Å². The Bertz CT molecular complexity index is 996. The van der Waals surface area contributed by atoms with Crippen LogP contribution in [0, 0.1) is 10.8 Å². The van der Waals surface area contributed by atoms with Crippen LogP contribution < -0.4 is 10.2 Å². The van der Waals surface area contributed by atoms with Crippen LogP contribution in [0.15, 0.2) is 66.7 Å². The quantitative estimate of drug-likeness (QED) is 0.519. The average molecular weight is 372 g/mol. The summed E-state index contributed by atoms with van der Waals surface area (Å²) in [6.45, 7) is 0. The first-order valence-corrected chi connectivity index (χ1v) is 7.95. The van der Waals surface area contributed by atoms with Crippen LogP contribution in [0.4, 0.5) is 13.2 Å². The predicted octanol–water partition coefficient (Wildman–Crippen LogP) is 4.60. The second-order valence-corrected chi connectivity index (χ2v) is 5.69. The molecule has 2 aromatic carbocycles. The number of nitrogens with zero attached hydrogens (tertiary/aromatic N) is 2. The fraction of sp³-hybridized carbons (Fsp3) is 0.105. The van der Waals surface area contributed by atoms with E-state index in [-0.39, 0.29) is 5.49 Å². The summed E-state index contributed by atoms with van der Waals surface area (Å²) in [6.07, 6.45) is -5.99. The van der Waals surface area contributed by atoms with Crippen molar-refractivity contribution < 1.29 is 17.9 Å². The lowest BCUT2D eigenvalue weighted by atomic mass is 10.1. The molecule has 0 aliphatic rings. The van der Waals surface area contributed by atoms with Gasteiger partial charge < -0.3 is 4.74 Å². The van der Waals surface area contributed by atoms with Gasteiger partial charge in [0.25, 0.3) is 0 Å². The van der Waals surface area contributed by atoms with E-state index in [1.54, 1.807) is 24.3 Å². The van der Waals surface area contributed by atoms with E-state index in [0.29, 0.717) is 27.4 Å². The second-order valence-electron chi connectivity index (χ2n) is 5.69. The van der Waals surface area contributed by atoms with E-state index >= 15 is 0 Å². The van der Waals surface area contributed by atoms with Crippen molar-refractivity contribution in [3.05, 3.63) is 72.2 Å². The van der Waals surface area contributed by atoms with Crippen LogP contribution in [-0.2, 0) is 0 Å². The Morgan fingerprint density at radius 2 is 1.56 bits per heavy atom. The van der Waals surface area contributed by atoms with Crippen LogP contribution in [0.25, 0.3) is 11.3 Å². The van der Waals surface area contributed by atoms with Crippen molar-refractivity contribution in [1.29, 1.82) is 10.8 Å². The van der Waals surface area contributed by atoms with Crippen LogP contribution in [0.3, 0.4) is 0 Å². The van der Waals surface area contributed by atoms with E-state index < -0.39 is 18.4 Å². The molecule has 1 heterocycles. The highest BCUT2D eigenvalue weighted by atomic mass is 19.4. The number of halogens is 3. The van der Waals surface area contributed by atoms with Gasteiger partial charge in [0, 0.05) is 5.56 Å². The molecule has 0 aliphatic carbocycles. The summed E-state index contributed by atoms with van der Waals surface area (Å²) in [4.78, 5) is 0. The maximum Gasteiger partial charge on any atom is 0.396 e. The predicted molar refractivity (Wildman–Crippen MR) is 93.8 cm³/mol. The molecule has 27 heavy (non-hydrogen) atoms. The van der Waals surface area contributed by atoms with E-state index in [0.717, 1.165) is 0 Å². The van der Waals surface area contributed by atoms with Crippen LogP contribution >= 0.6 is 0 Å². The van der Waals surface area contributed by atoms with Gasteiger partial charge in [-0.25, -0.2) is 4.68 Å². The maximum atomic E-state index is 12.5. The van der Waals surface area contributed by atoms with E-state index in [1.807, 2.05) is 30.3 Å². The smallest absolute Gasteiger partial charge is 0.396 e. The summed E-state index contributed by atoms with van der Waals surface area (Å²) in [6, 6.07) is 18.9. The summed E-state index contributed by atoms with van der Waals surface area (Å²) in [5.41, 5.74) is 0.685. The van der Waals surface area contributed by atoms with E-state index in [2.05, 4.69) is 5.10 Å². The first-order chi connectivity index (χ1) is 12.8. The molecular formula is C19H15F3N4O. The monoisotopic (exact) mass is 372 g/mol. The molecule has 2 N–H and O–H groups in total. The Labute approximate surface area is 152 Å². The topological polar surface area (TPSA) is 74.8 Å². The fourth-order valence-electron chi connectivity index (χ4n) is 2.37. The molecular weight excluding hydrogens is 357 g/mol. The van der Waals surface area contributed by atoms with Gasteiger partial charge in [-0.1, -0.05) is 18.2 Å². The average Bonchev–Trinajstić information content (AvgIpc) is 2.62. The van der Waals surface area contributed by atoms with Gasteiger partial charge >= 0.3 is 6.18 Å². The largest absolute Gasteiger partial charge is 0.457 e. The number of benzene rings is 2. The zero-order chi connectivity index (χ0) is 19.4. The van der Waals surface area contributed by atoms with E-state index in [9.17, 15) is 13.2 Å². The molecule has 0 bridgehead atoms. The molecule has 0 atom stereocenters. The minimum atomic E-state index is -4.54. The molecule has 5 nitrogen and oxygen atoms in total. The molecule has 0 fully saturated rings. The minimum absolute atomic E-state index is 0.294. The molecule has 3 aromatic rings. The molecule has 0 amide bonds. The summed E-state index contributed by atoms with van der Waals surface area (Å²) in [5.74, 6) is 0.471. The van der Waals surface area contributed by atoms with Crippen molar-refractivity contribution in [2.45, 2.75) is 12.6 Å². The Kier molecular flexibility index (Phi) is 5.07. The first kappa shape index (κ1) is 18.4. The third-order valence-electron chi connectivity index (χ3n) is 3.59. The molecule has 138 valence electrons. The fourth-order valence-corrected chi connectivity index (χ4v) is 2.37. The molecule has 0 aliphatic heterocycles. The number of alkyl halides is 3. The van der Waals surface area contributed by atoms with Crippen LogP contribution in [0.5, 0.6) is 11.5 Å². The number of nitrogens with one attached hydrogen (secondary N) is 2. The van der Waals surface area contributed by atoms with Crippen molar-refractivity contribution in [3.63, 3.8) is 0 Å². The zero-order valence-electron chi connectivity index (χ0n) is 14.0. The third kappa shape index (κ3) is 4.81. The first-order valence-electron chi connectivity index (χ1n) is 7.95. The number of aromatic nitrogens is 2. The van der Waals surface area contributed by atoms with Crippen molar-refractivity contribution in [1.82, 2.24) is 9.78 Å². The molecule has 0 spiro atoms. The number of para-hydroxylation sites is 1. The second kappa shape index (κ2) is 7.45. The Balaban J connectivity index is 1.83. The lowest BCUT2D eigenvalue weighted by Gasteiger charge is -2.12. The highest BCUT2D eigenvalue weighted by molar-refractivity contribution is 5.81. The van der Waals surface area contributed by atoms with Crippen LogP contribution in [-0.4, -0.2) is 21.8 Å². The lowest BCUT2D eigenvalue weighted by Crippen LogP contribution is -2.32. The summed E-state index contributed by atoms with van der Waals surface area (Å²) in [7, 11) is 0. The zero-order valence-corrected chi connectivity index (χ0v) is 14.0. The molecule has 0 saturated carbocycles. The molecule has 0 unspecified atom stereocenters. The van der Waals surface area contributed by atoms with Gasteiger partial charge in [0.2, 0.25) is 0 Å². The van der Waals surface area contributed by atoms with E-state index in [1.165, 1.54) is 12.1 Å². The molecule has 8 heteroatoms. The Hall–Kier alpha value is -3.42. The van der Waals surface area contributed by atoms with Gasteiger partial charge in [-0.2, -0.15) is 18.3 Å². The van der Waals surface area contributed by atoms with Crippen LogP contribution in [0.2, 0.25) is 0 Å². The summed E-state index contributed by atoms with van der Waals surface area (Å²) in [5, 5.41) is 19.3. The lowest BCUT2D eigenvalue weighted by molar-refractivity contribution is -0.121. The van der Waals surface area contributed by atoms with Gasteiger partial charge in [-0.05, 0) is 48.5 Å². The number of hydrogen-bond acceptors (Lipinski definition) is 4. The van der Waals surface area contributed by atoms with Gasteiger partial charge in [-0.3, -0.25) is 10.8 Å². The van der Waals surface area contributed by atoms with Crippen molar-refractivity contribution in [3.8, 4) is 22.8 Å². The number of ether oxygens (including phenoxy) is 1. The highest BCUT2D eigenvalue weighted by Crippen LogP contribution is 2.25. The minimum Gasteiger partial charge on any atom is -0.457 e. The van der Waals surface area contributed by atoms with Gasteiger partial charge in [0.05, 0.1) is 5.69 Å². The van der Waals surface area contributed by atoms with Gasteiger partial charge in [0.15, 0.2) is 0 Å². The molecule has 0 saturated heterocycles. The Morgan fingerprint density at radius 3 is 2.19 bits per heavy atom. The standard InChI is InChI=1S/C19H15F3N4O/c20-19(21,22)12-18(24)26-17(23)11-10-16(25-26)13-6-8-15(9-7-13)27-14-4-2-1-3-5-14/h1-11,23-24H,12H2. The summed E-state index contributed by atoms with van der Waals surface area (Å²) < 4.78 is 43.9. The summed E-state index contributed by atoms with van der Waals surface area (Å²) >= 11 is 0. The maximum absolute atomic E-state index is 12.5. The Morgan fingerprint density at radius 1 is 0.926 bits per heavy atom. The third-order valence-corrected chi connectivity index (χ3v) is 3.59. The normalized spacial score (nSPS) is 11.2. The molecule has 0 radical (unpaired) electrons.